The van der Waals surface area contributed by atoms with E-state index in [4.69, 9.17) is 9.47 Å². The van der Waals surface area contributed by atoms with Crippen molar-refractivity contribution < 1.29 is 19.1 Å². The largest absolute Gasteiger partial charge is 0.494 e. The van der Waals surface area contributed by atoms with Gasteiger partial charge in [0.05, 0.1) is 24.8 Å². The lowest BCUT2D eigenvalue weighted by atomic mass is 10.0. The van der Waals surface area contributed by atoms with Gasteiger partial charge in [-0.05, 0) is 58.0 Å². The molecule has 2 rings (SSSR count). The molecule has 1 unspecified atom stereocenters. The lowest BCUT2D eigenvalue weighted by molar-refractivity contribution is -0.112. The summed E-state index contributed by atoms with van der Waals surface area (Å²) in [5, 5.41) is 15.2. The van der Waals surface area contributed by atoms with E-state index in [1.165, 1.54) is 6.20 Å². The van der Waals surface area contributed by atoms with Crippen molar-refractivity contribution >= 4 is 17.6 Å². The lowest BCUT2D eigenvalue weighted by Crippen LogP contribution is -2.19. The molecule has 0 aromatic heterocycles. The molecule has 7 nitrogen and oxygen atoms in total. The molecule has 1 atom stereocenters. The maximum atomic E-state index is 12.5. The van der Waals surface area contributed by atoms with Crippen LogP contribution in [0.2, 0.25) is 0 Å². The highest BCUT2D eigenvalue weighted by atomic mass is 16.5. The van der Waals surface area contributed by atoms with Crippen LogP contribution < -0.4 is 15.4 Å². The van der Waals surface area contributed by atoms with Crippen LogP contribution in [0.15, 0.2) is 54.2 Å². The molecule has 7 heteroatoms. The van der Waals surface area contributed by atoms with E-state index in [2.05, 4.69) is 10.6 Å². The van der Waals surface area contributed by atoms with Crippen LogP contribution in [0.5, 0.6) is 5.75 Å². The number of nitriles is 1. The zero-order chi connectivity index (χ0) is 22.8. The van der Waals surface area contributed by atoms with Crippen LogP contribution in [0.25, 0.3) is 0 Å². The summed E-state index contributed by atoms with van der Waals surface area (Å²) in [6.45, 7) is 8.39. The number of esters is 1. The minimum Gasteiger partial charge on any atom is -0.494 e. The summed E-state index contributed by atoms with van der Waals surface area (Å²) in [6, 6.07) is 13.9. The minimum atomic E-state index is -0.555. The van der Waals surface area contributed by atoms with Gasteiger partial charge in [-0.3, -0.25) is 4.79 Å². The third kappa shape index (κ3) is 6.61. The SMILES string of the molecule is CCOC(=O)c1ccc(NC(=O)/C(C#N)=C\NC(C)c2cc(C)ccc2OCC)cc1. The Kier molecular flexibility index (Phi) is 8.64. The number of carbonyl (C=O) groups excluding carboxylic acids is 2. The van der Waals surface area contributed by atoms with Gasteiger partial charge in [0.15, 0.2) is 0 Å². The van der Waals surface area contributed by atoms with Crippen molar-refractivity contribution in [3.63, 3.8) is 0 Å². The fraction of sp³-hybridized carbons (Fsp3) is 0.292. The summed E-state index contributed by atoms with van der Waals surface area (Å²) in [4.78, 5) is 24.2. The average Bonchev–Trinajstić information content (AvgIpc) is 2.76. The van der Waals surface area contributed by atoms with Crippen molar-refractivity contribution in [2.75, 3.05) is 18.5 Å². The molecule has 0 heterocycles. The molecule has 1 amide bonds. The standard InChI is InChI=1S/C24H27N3O4/c1-5-30-22-12-7-16(3)13-21(22)17(4)26-15-19(14-25)23(28)27-20-10-8-18(9-11-20)24(29)31-6-2/h7-13,15,17,26H,5-6H2,1-4H3,(H,27,28)/b19-15-. The zero-order valence-corrected chi connectivity index (χ0v) is 18.2. The molecule has 0 bridgehead atoms. The number of nitrogens with zero attached hydrogens (tertiary/aromatic N) is 1. The molecule has 0 aliphatic heterocycles. The summed E-state index contributed by atoms with van der Waals surface area (Å²) in [5.41, 5.74) is 2.79. The molecular formula is C24H27N3O4. The van der Waals surface area contributed by atoms with Crippen molar-refractivity contribution in [1.29, 1.82) is 5.26 Å². The van der Waals surface area contributed by atoms with Crippen LogP contribution in [0.1, 0.15) is 48.3 Å². The van der Waals surface area contributed by atoms with Crippen LogP contribution in [-0.2, 0) is 9.53 Å². The summed E-state index contributed by atoms with van der Waals surface area (Å²) < 4.78 is 10.6. The predicted molar refractivity (Wildman–Crippen MR) is 119 cm³/mol. The highest BCUT2D eigenvalue weighted by molar-refractivity contribution is 6.06. The maximum Gasteiger partial charge on any atom is 0.338 e. The Hall–Kier alpha value is -3.79. The lowest BCUT2D eigenvalue weighted by Gasteiger charge is -2.18. The van der Waals surface area contributed by atoms with Gasteiger partial charge in [0.1, 0.15) is 17.4 Å². The summed E-state index contributed by atoms with van der Waals surface area (Å²) in [7, 11) is 0. The number of aryl methyl sites for hydroxylation is 1. The number of anilines is 1. The van der Waals surface area contributed by atoms with Crippen LogP contribution in [0.4, 0.5) is 5.69 Å². The monoisotopic (exact) mass is 421 g/mol. The molecule has 2 N–H and O–H groups in total. The average molecular weight is 421 g/mol. The molecule has 31 heavy (non-hydrogen) atoms. The van der Waals surface area contributed by atoms with E-state index in [1.54, 1.807) is 31.2 Å². The number of rotatable bonds is 9. The highest BCUT2D eigenvalue weighted by Gasteiger charge is 2.14. The number of ether oxygens (including phenoxy) is 2. The summed E-state index contributed by atoms with van der Waals surface area (Å²) >= 11 is 0. The van der Waals surface area contributed by atoms with Crippen molar-refractivity contribution in [2.24, 2.45) is 0 Å². The van der Waals surface area contributed by atoms with Gasteiger partial charge >= 0.3 is 5.97 Å². The Labute approximate surface area is 182 Å². The Bertz CT molecular complexity index is 991. The second kappa shape index (κ2) is 11.4. The van der Waals surface area contributed by atoms with E-state index in [0.717, 1.165) is 16.9 Å². The molecule has 2 aromatic rings. The number of carbonyl (C=O) groups is 2. The van der Waals surface area contributed by atoms with Crippen molar-refractivity contribution in [3.8, 4) is 11.8 Å². The summed E-state index contributed by atoms with van der Waals surface area (Å²) in [6.07, 6.45) is 1.39. The van der Waals surface area contributed by atoms with Gasteiger partial charge in [-0.15, -0.1) is 0 Å². The third-order valence-corrected chi connectivity index (χ3v) is 4.43. The second-order valence-electron chi connectivity index (χ2n) is 6.78. The van der Waals surface area contributed by atoms with E-state index >= 15 is 0 Å². The Morgan fingerprint density at radius 3 is 2.45 bits per heavy atom. The number of hydrogen-bond acceptors (Lipinski definition) is 6. The summed E-state index contributed by atoms with van der Waals surface area (Å²) in [5.74, 6) is -0.231. The molecule has 0 saturated carbocycles. The van der Waals surface area contributed by atoms with Crippen LogP contribution >= 0.6 is 0 Å². The molecule has 0 aliphatic rings. The van der Waals surface area contributed by atoms with Gasteiger partial charge in [-0.25, -0.2) is 4.79 Å². The normalized spacial score (nSPS) is 11.8. The molecule has 0 saturated heterocycles. The van der Waals surface area contributed by atoms with Gasteiger partial charge in [0.2, 0.25) is 0 Å². The fourth-order valence-corrected chi connectivity index (χ4v) is 2.84. The quantitative estimate of drug-likeness (QED) is 0.356. The van der Waals surface area contributed by atoms with Gasteiger partial charge in [-0.1, -0.05) is 17.7 Å². The Morgan fingerprint density at radius 2 is 1.84 bits per heavy atom. The van der Waals surface area contributed by atoms with E-state index in [0.29, 0.717) is 17.9 Å². The molecule has 162 valence electrons. The first-order valence-corrected chi connectivity index (χ1v) is 10.1. The van der Waals surface area contributed by atoms with Crippen molar-refractivity contribution in [1.82, 2.24) is 5.32 Å². The second-order valence-corrected chi connectivity index (χ2v) is 6.78. The minimum absolute atomic E-state index is 0.0769. The van der Waals surface area contributed by atoms with Gasteiger partial charge in [0, 0.05) is 17.5 Å². The number of hydrogen-bond donors (Lipinski definition) is 2. The molecule has 0 aliphatic carbocycles. The highest BCUT2D eigenvalue weighted by Crippen LogP contribution is 2.26. The van der Waals surface area contributed by atoms with Crippen LogP contribution in [0.3, 0.4) is 0 Å². The fourth-order valence-electron chi connectivity index (χ4n) is 2.84. The first-order valence-electron chi connectivity index (χ1n) is 10.1. The molecular weight excluding hydrogens is 394 g/mol. The van der Waals surface area contributed by atoms with Crippen molar-refractivity contribution in [3.05, 3.63) is 70.9 Å². The molecule has 0 radical (unpaired) electrons. The topological polar surface area (TPSA) is 100 Å². The number of nitrogens with one attached hydrogen (secondary N) is 2. The molecule has 2 aromatic carbocycles. The van der Waals surface area contributed by atoms with Gasteiger partial charge in [0.25, 0.3) is 5.91 Å². The van der Waals surface area contributed by atoms with Gasteiger partial charge < -0.3 is 20.1 Å². The van der Waals surface area contributed by atoms with E-state index in [1.807, 2.05) is 45.0 Å². The maximum absolute atomic E-state index is 12.5. The number of amides is 1. The third-order valence-electron chi connectivity index (χ3n) is 4.43. The predicted octanol–water partition coefficient (Wildman–Crippen LogP) is 4.27. The van der Waals surface area contributed by atoms with Crippen molar-refractivity contribution in [2.45, 2.75) is 33.7 Å². The van der Waals surface area contributed by atoms with E-state index < -0.39 is 11.9 Å². The van der Waals surface area contributed by atoms with E-state index in [-0.39, 0.29) is 18.2 Å². The zero-order valence-electron chi connectivity index (χ0n) is 18.2. The number of benzene rings is 2. The first-order chi connectivity index (χ1) is 14.9. The van der Waals surface area contributed by atoms with Gasteiger partial charge in [-0.2, -0.15) is 5.26 Å². The van der Waals surface area contributed by atoms with Crippen LogP contribution in [-0.4, -0.2) is 25.1 Å². The Balaban J connectivity index is 2.08. The first kappa shape index (κ1) is 23.5. The molecule has 0 spiro atoms. The molecule has 0 fully saturated rings. The van der Waals surface area contributed by atoms with E-state index in [9.17, 15) is 14.9 Å². The van der Waals surface area contributed by atoms with Crippen LogP contribution in [0, 0.1) is 18.3 Å². The Morgan fingerprint density at radius 1 is 1.13 bits per heavy atom. The smallest absolute Gasteiger partial charge is 0.338 e.